The first-order valence-electron chi connectivity index (χ1n) is 9.77. The molecule has 152 valence electrons. The molecular formula is C23H24ClNO4. The molecule has 0 amide bonds. The summed E-state index contributed by atoms with van der Waals surface area (Å²) in [5, 5.41) is 2.37. The van der Waals surface area contributed by atoms with Crippen molar-refractivity contribution >= 4 is 10.8 Å². The summed E-state index contributed by atoms with van der Waals surface area (Å²) in [6, 6.07) is 8.45. The van der Waals surface area contributed by atoms with Gasteiger partial charge in [0.25, 0.3) is 0 Å². The number of hydrogen-bond donors (Lipinski definition) is 0. The molecule has 29 heavy (non-hydrogen) atoms. The number of hydrogen-bond acceptors (Lipinski definition) is 4. The lowest BCUT2D eigenvalue weighted by Gasteiger charge is -2.12. The summed E-state index contributed by atoms with van der Waals surface area (Å²) in [6.45, 7) is 3.51. The van der Waals surface area contributed by atoms with Crippen molar-refractivity contribution in [3.05, 3.63) is 41.6 Å². The molecule has 0 saturated carbocycles. The van der Waals surface area contributed by atoms with Gasteiger partial charge in [0.15, 0.2) is 29.2 Å². The molecule has 3 aromatic rings. The highest BCUT2D eigenvalue weighted by molar-refractivity contribution is 5.94. The quantitative estimate of drug-likeness (QED) is 0.462. The van der Waals surface area contributed by atoms with Crippen molar-refractivity contribution in [2.24, 2.45) is 0 Å². The van der Waals surface area contributed by atoms with Gasteiger partial charge in [0.1, 0.15) is 6.54 Å². The molecule has 0 spiro atoms. The molecule has 0 unspecified atom stereocenters. The standard InChI is InChI=1S/C23H24NO4.ClH/c1-4-5-6-24-12-15-9-19(25-2)20(26-3)10-16(15)18-7-14-8-21-22(28-13-27-21)11-17(14)23(18)24;/h8-12H,4-7,13H2,1-3H3;1H/q+1;/p-1. The number of aryl methyl sites for hydroxylation is 1. The van der Waals surface area contributed by atoms with Gasteiger partial charge in [-0.2, -0.15) is 4.57 Å². The molecule has 5 rings (SSSR count). The van der Waals surface area contributed by atoms with Gasteiger partial charge in [0.05, 0.1) is 19.8 Å². The highest BCUT2D eigenvalue weighted by Crippen LogP contribution is 2.46. The van der Waals surface area contributed by atoms with E-state index in [0.717, 1.165) is 48.8 Å². The van der Waals surface area contributed by atoms with Crippen molar-refractivity contribution in [2.75, 3.05) is 21.0 Å². The smallest absolute Gasteiger partial charge is 0.231 e. The van der Waals surface area contributed by atoms with Crippen LogP contribution in [-0.2, 0) is 13.0 Å². The summed E-state index contributed by atoms with van der Waals surface area (Å²) >= 11 is 0. The summed E-state index contributed by atoms with van der Waals surface area (Å²) < 4.78 is 24.7. The van der Waals surface area contributed by atoms with Gasteiger partial charge in [0.2, 0.25) is 12.5 Å². The molecule has 2 aromatic carbocycles. The number of ether oxygens (including phenoxy) is 4. The van der Waals surface area contributed by atoms with Gasteiger partial charge in [-0.1, -0.05) is 13.3 Å². The zero-order valence-electron chi connectivity index (χ0n) is 16.9. The molecule has 0 bridgehead atoms. The molecule has 1 aliphatic carbocycles. The molecule has 0 N–H and O–H groups in total. The van der Waals surface area contributed by atoms with E-state index in [1.54, 1.807) is 14.2 Å². The van der Waals surface area contributed by atoms with Gasteiger partial charge in [0, 0.05) is 29.2 Å². The van der Waals surface area contributed by atoms with Gasteiger partial charge in [-0.15, -0.1) is 0 Å². The van der Waals surface area contributed by atoms with Crippen molar-refractivity contribution in [1.82, 2.24) is 0 Å². The highest BCUT2D eigenvalue weighted by atomic mass is 35.5. The third-order valence-electron chi connectivity index (χ3n) is 5.72. The van der Waals surface area contributed by atoms with E-state index in [4.69, 9.17) is 18.9 Å². The summed E-state index contributed by atoms with van der Waals surface area (Å²) in [6.07, 6.45) is 5.40. The number of rotatable bonds is 5. The van der Waals surface area contributed by atoms with Crippen LogP contribution in [-0.4, -0.2) is 21.0 Å². The van der Waals surface area contributed by atoms with E-state index in [1.165, 1.54) is 33.2 Å². The molecule has 1 aliphatic heterocycles. The SMILES string of the molecule is CCCC[n+]1cc2cc(OC)c(OC)cc2c2c1-c1cc3c(cc1C2)OCO3.[Cl-]. The fourth-order valence-electron chi connectivity index (χ4n) is 4.34. The van der Waals surface area contributed by atoms with Crippen molar-refractivity contribution in [3.8, 4) is 34.3 Å². The molecule has 0 saturated heterocycles. The van der Waals surface area contributed by atoms with E-state index >= 15 is 0 Å². The van der Waals surface area contributed by atoms with Gasteiger partial charge in [-0.25, -0.2) is 0 Å². The lowest BCUT2D eigenvalue weighted by atomic mass is 10.0. The first kappa shape index (κ1) is 19.6. The monoisotopic (exact) mass is 413 g/mol. The number of fused-ring (bicyclic) bond motifs is 6. The third kappa shape index (κ3) is 3.04. The Hall–Kier alpha value is -2.66. The molecule has 2 heterocycles. The summed E-state index contributed by atoms with van der Waals surface area (Å²) in [5.74, 6) is 3.19. The molecule has 6 heteroatoms. The number of aromatic nitrogens is 1. The number of halogens is 1. The van der Waals surface area contributed by atoms with Crippen molar-refractivity contribution in [2.45, 2.75) is 32.7 Å². The predicted molar refractivity (Wildman–Crippen MR) is 107 cm³/mol. The third-order valence-corrected chi connectivity index (χ3v) is 5.72. The minimum absolute atomic E-state index is 0. The first-order chi connectivity index (χ1) is 13.7. The van der Waals surface area contributed by atoms with E-state index < -0.39 is 0 Å². The Labute approximate surface area is 176 Å². The number of methoxy groups -OCH3 is 2. The minimum Gasteiger partial charge on any atom is -1.00 e. The van der Waals surface area contributed by atoms with Crippen LogP contribution in [0.15, 0.2) is 30.5 Å². The Morgan fingerprint density at radius 3 is 2.45 bits per heavy atom. The zero-order chi connectivity index (χ0) is 19.3. The maximum absolute atomic E-state index is 5.65. The van der Waals surface area contributed by atoms with Crippen LogP contribution < -0.4 is 35.9 Å². The summed E-state index contributed by atoms with van der Waals surface area (Å²) in [4.78, 5) is 0. The van der Waals surface area contributed by atoms with E-state index in [2.05, 4.69) is 42.0 Å². The lowest BCUT2D eigenvalue weighted by molar-refractivity contribution is -0.685. The van der Waals surface area contributed by atoms with Crippen LogP contribution in [0.3, 0.4) is 0 Å². The molecule has 5 nitrogen and oxygen atoms in total. The highest BCUT2D eigenvalue weighted by Gasteiger charge is 2.33. The molecule has 0 fully saturated rings. The van der Waals surface area contributed by atoms with Crippen LogP contribution in [0.2, 0.25) is 0 Å². The van der Waals surface area contributed by atoms with Crippen molar-refractivity contribution < 1.29 is 35.9 Å². The van der Waals surface area contributed by atoms with Gasteiger partial charge >= 0.3 is 0 Å². The van der Waals surface area contributed by atoms with Crippen LogP contribution >= 0.6 is 0 Å². The van der Waals surface area contributed by atoms with Crippen LogP contribution in [0.4, 0.5) is 0 Å². The Balaban J connectivity index is 0.00000205. The fraction of sp³-hybridized carbons (Fsp3) is 0.348. The Morgan fingerprint density at radius 1 is 1.00 bits per heavy atom. The number of benzene rings is 2. The summed E-state index contributed by atoms with van der Waals surface area (Å²) in [7, 11) is 3.36. The molecule has 0 atom stereocenters. The largest absolute Gasteiger partial charge is 1.00 e. The average molecular weight is 414 g/mol. The second-order valence-corrected chi connectivity index (χ2v) is 7.34. The topological polar surface area (TPSA) is 40.8 Å². The fourth-order valence-corrected chi connectivity index (χ4v) is 4.34. The molecule has 0 radical (unpaired) electrons. The van der Waals surface area contributed by atoms with E-state index in [9.17, 15) is 0 Å². The maximum atomic E-state index is 5.65. The van der Waals surface area contributed by atoms with Gasteiger partial charge in [-0.05, 0) is 29.8 Å². The number of nitrogens with zero attached hydrogens (tertiary/aromatic N) is 1. The maximum Gasteiger partial charge on any atom is 0.231 e. The lowest BCUT2D eigenvalue weighted by Crippen LogP contribution is -3.00. The van der Waals surface area contributed by atoms with E-state index in [-0.39, 0.29) is 12.4 Å². The van der Waals surface area contributed by atoms with Crippen molar-refractivity contribution in [3.63, 3.8) is 0 Å². The molecular weight excluding hydrogens is 390 g/mol. The van der Waals surface area contributed by atoms with Crippen LogP contribution in [0.5, 0.6) is 23.0 Å². The Morgan fingerprint density at radius 2 is 1.72 bits per heavy atom. The summed E-state index contributed by atoms with van der Waals surface area (Å²) in [5.41, 5.74) is 5.13. The van der Waals surface area contributed by atoms with Crippen LogP contribution in [0.25, 0.3) is 22.0 Å². The van der Waals surface area contributed by atoms with Gasteiger partial charge in [-0.3, -0.25) is 0 Å². The Bertz CT molecular complexity index is 1100. The zero-order valence-corrected chi connectivity index (χ0v) is 17.6. The van der Waals surface area contributed by atoms with Crippen molar-refractivity contribution in [1.29, 1.82) is 0 Å². The molecule has 1 aromatic heterocycles. The predicted octanol–water partition coefficient (Wildman–Crippen LogP) is 1.25. The second kappa shape index (κ2) is 7.64. The second-order valence-electron chi connectivity index (χ2n) is 7.34. The van der Waals surface area contributed by atoms with E-state index in [0.29, 0.717) is 6.79 Å². The Kier molecular flexibility index (Phi) is 5.17. The molecule has 2 aliphatic rings. The number of unbranched alkanes of at least 4 members (excludes halogenated alkanes) is 1. The van der Waals surface area contributed by atoms with Crippen LogP contribution in [0.1, 0.15) is 30.9 Å². The van der Waals surface area contributed by atoms with Crippen LogP contribution in [0, 0.1) is 0 Å². The first-order valence-corrected chi connectivity index (χ1v) is 9.77. The van der Waals surface area contributed by atoms with E-state index in [1.807, 2.05) is 0 Å². The normalized spacial score (nSPS) is 13.1. The number of pyridine rings is 1. The minimum atomic E-state index is 0. The van der Waals surface area contributed by atoms with Gasteiger partial charge < -0.3 is 31.4 Å². The average Bonchev–Trinajstić information content (AvgIpc) is 3.33.